The van der Waals surface area contributed by atoms with Crippen LogP contribution < -0.4 is 14.8 Å². The normalized spacial score (nSPS) is 13.9. The SMILES string of the molecule is Cc1cc(C(=O)OC(C)C(=O)Nc2ccc3c(c2)OCO3)c(C)n1CC(F)(F)F. The molecule has 7 nitrogen and oxygen atoms in total. The lowest BCUT2D eigenvalue weighted by atomic mass is 10.2. The Balaban J connectivity index is 1.66. The number of carbonyl (C=O) groups is 2. The Morgan fingerprint density at radius 3 is 2.59 bits per heavy atom. The molecular formula is C19H19F3N2O5. The summed E-state index contributed by atoms with van der Waals surface area (Å²) in [6.07, 6.45) is -5.59. The number of esters is 1. The number of hydrogen-bond acceptors (Lipinski definition) is 5. The van der Waals surface area contributed by atoms with E-state index in [2.05, 4.69) is 5.32 Å². The molecule has 0 fully saturated rings. The molecule has 2 heterocycles. The number of fused-ring (bicyclic) bond motifs is 1. The molecule has 3 rings (SSSR count). The van der Waals surface area contributed by atoms with Crippen molar-refractivity contribution in [2.75, 3.05) is 12.1 Å². The zero-order chi connectivity index (χ0) is 21.3. The van der Waals surface area contributed by atoms with Crippen molar-refractivity contribution in [2.45, 2.75) is 39.6 Å². The minimum absolute atomic E-state index is 0.0190. The standard InChI is InChI=1S/C19H19F3N2O5/c1-10-6-14(11(2)24(10)8-19(20,21)22)18(26)29-12(3)17(25)23-13-4-5-15-16(7-13)28-9-27-15/h4-7,12H,8-9H2,1-3H3,(H,23,25). The summed E-state index contributed by atoms with van der Waals surface area (Å²) in [5.74, 6) is -0.442. The molecule has 2 aromatic rings. The summed E-state index contributed by atoms with van der Waals surface area (Å²) in [4.78, 5) is 24.7. The molecule has 1 aliphatic rings. The fourth-order valence-electron chi connectivity index (χ4n) is 2.93. The van der Waals surface area contributed by atoms with Crippen LogP contribution >= 0.6 is 0 Å². The summed E-state index contributed by atoms with van der Waals surface area (Å²) in [7, 11) is 0. The monoisotopic (exact) mass is 412 g/mol. The van der Waals surface area contributed by atoms with E-state index in [1.165, 1.54) is 26.8 Å². The first-order chi connectivity index (χ1) is 13.5. The number of carbonyl (C=O) groups excluding carboxylic acids is 2. The van der Waals surface area contributed by atoms with Crippen LogP contribution in [0.15, 0.2) is 24.3 Å². The Morgan fingerprint density at radius 2 is 1.90 bits per heavy atom. The van der Waals surface area contributed by atoms with Crippen molar-refractivity contribution >= 4 is 17.6 Å². The minimum atomic E-state index is -4.42. The van der Waals surface area contributed by atoms with E-state index < -0.39 is 30.7 Å². The zero-order valence-corrected chi connectivity index (χ0v) is 15.9. The number of anilines is 1. The van der Waals surface area contributed by atoms with Gasteiger partial charge >= 0.3 is 12.1 Å². The number of nitrogens with zero attached hydrogens (tertiary/aromatic N) is 1. The van der Waals surface area contributed by atoms with Crippen molar-refractivity contribution < 1.29 is 37.0 Å². The van der Waals surface area contributed by atoms with Gasteiger partial charge in [-0.05, 0) is 39.0 Å². The second-order valence-electron chi connectivity index (χ2n) is 6.59. The molecular weight excluding hydrogens is 393 g/mol. The fourth-order valence-corrected chi connectivity index (χ4v) is 2.93. The molecule has 1 aromatic carbocycles. The first kappa shape index (κ1) is 20.6. The third kappa shape index (κ3) is 4.64. The number of hydrogen-bond donors (Lipinski definition) is 1. The number of alkyl halides is 3. The van der Waals surface area contributed by atoms with Crippen LogP contribution in [-0.4, -0.2) is 35.5 Å². The van der Waals surface area contributed by atoms with Gasteiger partial charge in [-0.3, -0.25) is 4.79 Å². The van der Waals surface area contributed by atoms with Crippen LogP contribution in [0.25, 0.3) is 0 Å². The van der Waals surface area contributed by atoms with Gasteiger partial charge in [-0.2, -0.15) is 13.2 Å². The van der Waals surface area contributed by atoms with E-state index in [1.807, 2.05) is 0 Å². The molecule has 0 saturated carbocycles. The molecule has 0 aliphatic carbocycles. The highest BCUT2D eigenvalue weighted by atomic mass is 19.4. The van der Waals surface area contributed by atoms with Gasteiger partial charge in [0.05, 0.1) is 5.56 Å². The molecule has 10 heteroatoms. The number of nitrogens with one attached hydrogen (secondary N) is 1. The van der Waals surface area contributed by atoms with Gasteiger partial charge in [0, 0.05) is 23.1 Å². The highest BCUT2D eigenvalue weighted by Crippen LogP contribution is 2.34. The molecule has 0 spiro atoms. The highest BCUT2D eigenvalue weighted by Gasteiger charge is 2.31. The van der Waals surface area contributed by atoms with E-state index in [-0.39, 0.29) is 23.7 Å². The molecule has 1 N–H and O–H groups in total. The third-order valence-corrected chi connectivity index (χ3v) is 4.42. The Bertz CT molecular complexity index is 952. The first-order valence-electron chi connectivity index (χ1n) is 8.70. The maximum Gasteiger partial charge on any atom is 0.406 e. The summed E-state index contributed by atoms with van der Waals surface area (Å²) >= 11 is 0. The van der Waals surface area contributed by atoms with Crippen molar-refractivity contribution in [1.82, 2.24) is 4.57 Å². The van der Waals surface area contributed by atoms with Crippen molar-refractivity contribution in [1.29, 1.82) is 0 Å². The van der Waals surface area contributed by atoms with Gasteiger partial charge < -0.3 is 24.1 Å². The van der Waals surface area contributed by atoms with Crippen molar-refractivity contribution in [3.8, 4) is 11.5 Å². The summed E-state index contributed by atoms with van der Waals surface area (Å²) in [6, 6.07) is 6.11. The Kier molecular flexibility index (Phi) is 5.45. The van der Waals surface area contributed by atoms with Crippen LogP contribution in [0.5, 0.6) is 11.5 Å². The van der Waals surface area contributed by atoms with Crippen molar-refractivity contribution in [2.24, 2.45) is 0 Å². The maximum atomic E-state index is 12.7. The molecule has 0 radical (unpaired) electrons. The van der Waals surface area contributed by atoms with E-state index >= 15 is 0 Å². The highest BCUT2D eigenvalue weighted by molar-refractivity contribution is 5.98. The molecule has 156 valence electrons. The summed E-state index contributed by atoms with van der Waals surface area (Å²) in [6.45, 7) is 3.11. The Hall–Kier alpha value is -3.17. The quantitative estimate of drug-likeness (QED) is 0.760. The molecule has 29 heavy (non-hydrogen) atoms. The van der Waals surface area contributed by atoms with Gasteiger partial charge in [-0.15, -0.1) is 0 Å². The Morgan fingerprint density at radius 1 is 1.21 bits per heavy atom. The van der Waals surface area contributed by atoms with Crippen LogP contribution in [0.1, 0.15) is 28.7 Å². The van der Waals surface area contributed by atoms with E-state index in [0.717, 1.165) is 4.57 Å². The smallest absolute Gasteiger partial charge is 0.406 e. The maximum absolute atomic E-state index is 12.7. The Labute approximate surface area is 164 Å². The summed E-state index contributed by atoms with van der Waals surface area (Å²) < 4.78 is 54.7. The lowest BCUT2D eigenvalue weighted by molar-refractivity contribution is -0.141. The molecule has 1 aromatic heterocycles. The predicted octanol–water partition coefficient (Wildman–Crippen LogP) is 3.58. The van der Waals surface area contributed by atoms with Gasteiger partial charge in [0.25, 0.3) is 5.91 Å². The van der Waals surface area contributed by atoms with Gasteiger partial charge in [0.15, 0.2) is 17.6 Å². The van der Waals surface area contributed by atoms with Crippen LogP contribution in [-0.2, 0) is 16.1 Å². The third-order valence-electron chi connectivity index (χ3n) is 4.42. The van der Waals surface area contributed by atoms with Gasteiger partial charge in [-0.25, -0.2) is 4.79 Å². The van der Waals surface area contributed by atoms with Gasteiger partial charge in [0.1, 0.15) is 6.54 Å². The number of rotatable bonds is 5. The number of benzene rings is 1. The van der Waals surface area contributed by atoms with Crippen LogP contribution in [0.2, 0.25) is 0 Å². The topological polar surface area (TPSA) is 78.8 Å². The lowest BCUT2D eigenvalue weighted by Gasteiger charge is -2.14. The minimum Gasteiger partial charge on any atom is -0.454 e. The summed E-state index contributed by atoms with van der Waals surface area (Å²) in [5, 5.41) is 2.58. The first-order valence-corrected chi connectivity index (χ1v) is 8.70. The second-order valence-corrected chi connectivity index (χ2v) is 6.59. The molecule has 0 bridgehead atoms. The largest absolute Gasteiger partial charge is 0.454 e. The molecule has 1 atom stereocenters. The lowest BCUT2D eigenvalue weighted by Crippen LogP contribution is -2.30. The number of amides is 1. The number of halogens is 3. The molecule has 1 amide bonds. The molecule has 0 saturated heterocycles. The van der Waals surface area contributed by atoms with Crippen molar-refractivity contribution in [3.05, 3.63) is 41.2 Å². The number of aromatic nitrogens is 1. The van der Waals surface area contributed by atoms with E-state index in [4.69, 9.17) is 14.2 Å². The van der Waals surface area contributed by atoms with E-state index in [9.17, 15) is 22.8 Å². The predicted molar refractivity (Wildman–Crippen MR) is 96.0 cm³/mol. The fraction of sp³-hybridized carbons (Fsp3) is 0.368. The van der Waals surface area contributed by atoms with Crippen molar-refractivity contribution in [3.63, 3.8) is 0 Å². The average molecular weight is 412 g/mol. The van der Waals surface area contributed by atoms with Gasteiger partial charge in [-0.1, -0.05) is 0 Å². The molecule has 1 aliphatic heterocycles. The van der Waals surface area contributed by atoms with Crippen LogP contribution in [0.4, 0.5) is 18.9 Å². The van der Waals surface area contributed by atoms with E-state index in [0.29, 0.717) is 17.2 Å². The summed E-state index contributed by atoms with van der Waals surface area (Å²) in [5.41, 5.74) is 0.789. The molecule has 1 unspecified atom stereocenters. The average Bonchev–Trinajstić information content (AvgIpc) is 3.19. The zero-order valence-electron chi connectivity index (χ0n) is 15.9. The number of aryl methyl sites for hydroxylation is 1. The van der Waals surface area contributed by atoms with Crippen LogP contribution in [0, 0.1) is 13.8 Å². The second kappa shape index (κ2) is 7.69. The van der Waals surface area contributed by atoms with Crippen LogP contribution in [0.3, 0.4) is 0 Å². The van der Waals surface area contributed by atoms with Gasteiger partial charge in [0.2, 0.25) is 6.79 Å². The van der Waals surface area contributed by atoms with E-state index in [1.54, 1.807) is 18.2 Å². The number of ether oxygens (including phenoxy) is 3.